The second-order valence-electron chi connectivity index (χ2n) is 3.29. The van der Waals surface area contributed by atoms with E-state index in [4.69, 9.17) is 9.47 Å². The van der Waals surface area contributed by atoms with E-state index in [2.05, 4.69) is 5.32 Å². The van der Waals surface area contributed by atoms with E-state index in [1.54, 1.807) is 18.2 Å². The molecular weight excluding hydrogens is 206 g/mol. The lowest BCUT2D eigenvalue weighted by molar-refractivity contribution is 0.0947. The third-order valence-electron chi connectivity index (χ3n) is 2.19. The molecule has 1 aromatic rings. The largest absolute Gasteiger partial charge is 0.496 e. The Kier molecular flexibility index (Phi) is 4.64. The van der Waals surface area contributed by atoms with Gasteiger partial charge in [0.25, 0.3) is 5.91 Å². The number of hydrogen-bond donors (Lipinski definition) is 1. The van der Waals surface area contributed by atoms with E-state index >= 15 is 0 Å². The van der Waals surface area contributed by atoms with Gasteiger partial charge < -0.3 is 14.8 Å². The van der Waals surface area contributed by atoms with Gasteiger partial charge in [0.15, 0.2) is 0 Å². The first-order chi connectivity index (χ1) is 7.74. The molecule has 1 amide bonds. The molecule has 0 aliphatic rings. The highest BCUT2D eigenvalue weighted by Crippen LogP contribution is 2.27. The van der Waals surface area contributed by atoms with Gasteiger partial charge in [-0.1, -0.05) is 13.0 Å². The first-order valence-corrected chi connectivity index (χ1v) is 5.23. The third kappa shape index (κ3) is 2.66. The second kappa shape index (κ2) is 6.00. The summed E-state index contributed by atoms with van der Waals surface area (Å²) in [5.74, 6) is 0.872. The van der Waals surface area contributed by atoms with Crippen LogP contribution < -0.4 is 14.8 Å². The van der Waals surface area contributed by atoms with Crippen molar-refractivity contribution in [2.24, 2.45) is 0 Å². The van der Waals surface area contributed by atoms with Gasteiger partial charge in [0.2, 0.25) is 0 Å². The Morgan fingerprint density at radius 1 is 1.25 bits per heavy atom. The molecule has 0 aliphatic carbocycles. The normalized spacial score (nSPS) is 9.69. The zero-order chi connectivity index (χ0) is 12.0. The minimum absolute atomic E-state index is 0.170. The Hall–Kier alpha value is -1.71. The van der Waals surface area contributed by atoms with Crippen LogP contribution in [-0.2, 0) is 0 Å². The van der Waals surface area contributed by atoms with Crippen molar-refractivity contribution < 1.29 is 14.3 Å². The Morgan fingerprint density at radius 2 is 1.81 bits per heavy atom. The number of carbonyl (C=O) groups excluding carboxylic acids is 1. The van der Waals surface area contributed by atoms with E-state index in [1.807, 2.05) is 6.92 Å². The van der Waals surface area contributed by atoms with Gasteiger partial charge in [0.05, 0.1) is 14.2 Å². The number of nitrogens with one attached hydrogen (secondary N) is 1. The van der Waals surface area contributed by atoms with Gasteiger partial charge in [0, 0.05) is 6.54 Å². The third-order valence-corrected chi connectivity index (χ3v) is 2.19. The fourth-order valence-electron chi connectivity index (χ4n) is 1.40. The molecule has 1 N–H and O–H groups in total. The Bertz CT molecular complexity index is 341. The predicted octanol–water partition coefficient (Wildman–Crippen LogP) is 1.84. The van der Waals surface area contributed by atoms with Gasteiger partial charge in [0.1, 0.15) is 17.1 Å². The molecule has 4 heteroatoms. The minimum Gasteiger partial charge on any atom is -0.496 e. The molecule has 0 aliphatic heterocycles. The summed E-state index contributed by atoms with van der Waals surface area (Å²) in [6.45, 7) is 2.64. The van der Waals surface area contributed by atoms with Gasteiger partial charge in [-0.15, -0.1) is 0 Å². The monoisotopic (exact) mass is 223 g/mol. The van der Waals surface area contributed by atoms with Crippen molar-refractivity contribution in [1.29, 1.82) is 0 Å². The van der Waals surface area contributed by atoms with E-state index in [9.17, 15) is 4.79 Å². The number of methoxy groups -OCH3 is 2. The first-order valence-electron chi connectivity index (χ1n) is 5.23. The second-order valence-corrected chi connectivity index (χ2v) is 3.29. The highest BCUT2D eigenvalue weighted by atomic mass is 16.5. The number of carbonyl (C=O) groups is 1. The number of hydrogen-bond acceptors (Lipinski definition) is 3. The molecule has 0 atom stereocenters. The lowest BCUT2D eigenvalue weighted by atomic mass is 10.1. The summed E-state index contributed by atoms with van der Waals surface area (Å²) in [4.78, 5) is 11.9. The summed E-state index contributed by atoms with van der Waals surface area (Å²) in [7, 11) is 3.07. The molecular formula is C12H17NO3. The van der Waals surface area contributed by atoms with Crippen molar-refractivity contribution in [3.8, 4) is 11.5 Å². The Morgan fingerprint density at radius 3 is 2.25 bits per heavy atom. The van der Waals surface area contributed by atoms with Crippen LogP contribution in [0.3, 0.4) is 0 Å². The number of benzene rings is 1. The van der Waals surface area contributed by atoms with Crippen molar-refractivity contribution in [2.45, 2.75) is 13.3 Å². The molecule has 16 heavy (non-hydrogen) atoms. The molecule has 0 spiro atoms. The topological polar surface area (TPSA) is 47.6 Å². The number of amides is 1. The van der Waals surface area contributed by atoms with Crippen LogP contribution in [-0.4, -0.2) is 26.7 Å². The van der Waals surface area contributed by atoms with Crippen LogP contribution in [0.25, 0.3) is 0 Å². The van der Waals surface area contributed by atoms with Crippen LogP contribution >= 0.6 is 0 Å². The smallest absolute Gasteiger partial charge is 0.258 e. The quantitative estimate of drug-likeness (QED) is 0.828. The van der Waals surface area contributed by atoms with Gasteiger partial charge in [-0.2, -0.15) is 0 Å². The Labute approximate surface area is 95.6 Å². The highest BCUT2D eigenvalue weighted by Gasteiger charge is 2.17. The van der Waals surface area contributed by atoms with E-state index in [0.29, 0.717) is 23.6 Å². The lowest BCUT2D eigenvalue weighted by Gasteiger charge is -2.12. The molecule has 0 saturated heterocycles. The lowest BCUT2D eigenvalue weighted by Crippen LogP contribution is -2.25. The molecule has 1 aromatic carbocycles. The molecule has 0 fully saturated rings. The zero-order valence-electron chi connectivity index (χ0n) is 9.87. The van der Waals surface area contributed by atoms with E-state index in [1.165, 1.54) is 14.2 Å². The zero-order valence-corrected chi connectivity index (χ0v) is 9.87. The van der Waals surface area contributed by atoms with Crippen molar-refractivity contribution in [3.63, 3.8) is 0 Å². The fourth-order valence-corrected chi connectivity index (χ4v) is 1.40. The maximum atomic E-state index is 11.9. The van der Waals surface area contributed by atoms with E-state index < -0.39 is 0 Å². The molecule has 0 saturated carbocycles. The standard InChI is InChI=1S/C12H17NO3/c1-4-8-13-12(14)11-9(15-2)6-5-7-10(11)16-3/h5-7H,4,8H2,1-3H3,(H,13,14). The van der Waals surface area contributed by atoms with Crippen molar-refractivity contribution >= 4 is 5.91 Å². The highest BCUT2D eigenvalue weighted by molar-refractivity contribution is 5.99. The molecule has 88 valence electrons. The van der Waals surface area contributed by atoms with Crippen LogP contribution in [0.4, 0.5) is 0 Å². The summed E-state index contributed by atoms with van der Waals surface area (Å²) in [5, 5.41) is 2.80. The maximum absolute atomic E-state index is 11.9. The van der Waals surface area contributed by atoms with Crippen molar-refractivity contribution in [1.82, 2.24) is 5.32 Å². The van der Waals surface area contributed by atoms with Gasteiger partial charge in [-0.25, -0.2) is 0 Å². The summed E-state index contributed by atoms with van der Waals surface area (Å²) in [6, 6.07) is 5.26. The van der Waals surface area contributed by atoms with Crippen LogP contribution in [0.5, 0.6) is 11.5 Å². The van der Waals surface area contributed by atoms with Gasteiger partial charge in [-0.05, 0) is 18.6 Å². The molecule has 1 rings (SSSR count). The van der Waals surface area contributed by atoms with Gasteiger partial charge in [-0.3, -0.25) is 4.79 Å². The first kappa shape index (κ1) is 12.4. The summed E-state index contributed by atoms with van der Waals surface area (Å²) in [5.41, 5.74) is 0.445. The molecule has 0 heterocycles. The average Bonchev–Trinajstić information content (AvgIpc) is 2.34. The van der Waals surface area contributed by atoms with Gasteiger partial charge >= 0.3 is 0 Å². The SMILES string of the molecule is CCCNC(=O)c1c(OC)cccc1OC. The number of ether oxygens (including phenoxy) is 2. The molecule has 0 aromatic heterocycles. The molecule has 0 unspecified atom stereocenters. The average molecular weight is 223 g/mol. The van der Waals surface area contributed by atoms with Crippen LogP contribution in [0.15, 0.2) is 18.2 Å². The Balaban J connectivity index is 3.03. The summed E-state index contributed by atoms with van der Waals surface area (Å²) in [6.07, 6.45) is 0.892. The van der Waals surface area contributed by atoms with Crippen molar-refractivity contribution in [2.75, 3.05) is 20.8 Å². The fraction of sp³-hybridized carbons (Fsp3) is 0.417. The molecule has 0 bridgehead atoms. The summed E-state index contributed by atoms with van der Waals surface area (Å²) < 4.78 is 10.3. The van der Waals surface area contributed by atoms with E-state index in [0.717, 1.165) is 6.42 Å². The van der Waals surface area contributed by atoms with Crippen molar-refractivity contribution in [3.05, 3.63) is 23.8 Å². The molecule has 0 radical (unpaired) electrons. The van der Waals surface area contributed by atoms with E-state index in [-0.39, 0.29) is 5.91 Å². The molecule has 4 nitrogen and oxygen atoms in total. The minimum atomic E-state index is -0.170. The van der Waals surface area contributed by atoms with Crippen LogP contribution in [0.2, 0.25) is 0 Å². The van der Waals surface area contributed by atoms with Crippen LogP contribution in [0, 0.1) is 0 Å². The summed E-state index contributed by atoms with van der Waals surface area (Å²) >= 11 is 0. The maximum Gasteiger partial charge on any atom is 0.258 e. The predicted molar refractivity (Wildman–Crippen MR) is 62.2 cm³/mol. The number of rotatable bonds is 5. The van der Waals surface area contributed by atoms with Crippen LogP contribution in [0.1, 0.15) is 23.7 Å².